The van der Waals surface area contributed by atoms with Gasteiger partial charge >= 0.3 is 0 Å². The van der Waals surface area contributed by atoms with E-state index in [0.29, 0.717) is 17.7 Å². The Labute approximate surface area is 118 Å². The Morgan fingerprint density at radius 3 is 2.42 bits per heavy atom. The van der Waals surface area contributed by atoms with Crippen LogP contribution in [0.25, 0.3) is 0 Å². The molecule has 3 N–H and O–H groups in total. The molecule has 1 rings (SSSR count). The molecule has 0 unspecified atom stereocenters. The predicted molar refractivity (Wildman–Crippen MR) is 75.6 cm³/mol. The fourth-order valence-electron chi connectivity index (χ4n) is 1.60. The summed E-state index contributed by atoms with van der Waals surface area (Å²) in [5, 5.41) is 7.87. The summed E-state index contributed by atoms with van der Waals surface area (Å²) in [7, 11) is -3.81. The maximum atomic E-state index is 11.7. The Hall–Kier alpha value is -1.11. The number of nitrogens with one attached hydrogen (secondary N) is 1. The van der Waals surface area contributed by atoms with E-state index in [1.165, 1.54) is 12.1 Å². The molecule has 0 aromatic heterocycles. The van der Waals surface area contributed by atoms with Crippen LogP contribution in [0.5, 0.6) is 0 Å². The highest BCUT2D eigenvalue weighted by atomic mass is 35.5. The van der Waals surface area contributed by atoms with Crippen molar-refractivity contribution in [2.45, 2.75) is 32.1 Å². The third-order valence-electron chi connectivity index (χ3n) is 2.45. The smallest absolute Gasteiger partial charge is 0.238 e. The van der Waals surface area contributed by atoms with Crippen molar-refractivity contribution in [3.05, 3.63) is 22.7 Å². The number of hydrogen-bond donors (Lipinski definition) is 2. The molecular formula is C12H17ClN2O3S. The molecule has 5 nitrogen and oxygen atoms in total. The van der Waals surface area contributed by atoms with E-state index in [1.807, 2.05) is 13.8 Å². The van der Waals surface area contributed by atoms with Gasteiger partial charge in [-0.2, -0.15) is 0 Å². The minimum atomic E-state index is -3.81. The number of carbonyl (C=O) groups excluding carboxylic acids is 1. The SMILES string of the molecule is Cc1cc(S(N)(=O)=O)cc(Cl)c1NC(=O)CC(C)C. The molecule has 0 saturated carbocycles. The number of carbonyl (C=O) groups is 1. The molecule has 1 aromatic carbocycles. The average Bonchev–Trinajstić information content (AvgIpc) is 2.20. The molecule has 0 radical (unpaired) electrons. The van der Waals surface area contributed by atoms with Crippen molar-refractivity contribution in [2.24, 2.45) is 11.1 Å². The first kappa shape index (κ1) is 15.9. The molecule has 106 valence electrons. The van der Waals surface area contributed by atoms with Gasteiger partial charge in [-0.25, -0.2) is 13.6 Å². The van der Waals surface area contributed by atoms with Gasteiger partial charge in [0.05, 0.1) is 15.6 Å². The lowest BCUT2D eigenvalue weighted by Crippen LogP contribution is -2.16. The van der Waals surface area contributed by atoms with E-state index in [-0.39, 0.29) is 21.7 Å². The normalized spacial score (nSPS) is 11.7. The van der Waals surface area contributed by atoms with Crippen LogP contribution in [0, 0.1) is 12.8 Å². The van der Waals surface area contributed by atoms with Crippen molar-refractivity contribution >= 4 is 33.2 Å². The maximum Gasteiger partial charge on any atom is 0.238 e. The van der Waals surface area contributed by atoms with Crippen molar-refractivity contribution in [1.82, 2.24) is 0 Å². The van der Waals surface area contributed by atoms with Crippen LogP contribution in [0.1, 0.15) is 25.8 Å². The minimum Gasteiger partial charge on any atom is -0.325 e. The molecule has 0 aliphatic rings. The van der Waals surface area contributed by atoms with Gasteiger partial charge < -0.3 is 5.32 Å². The highest BCUT2D eigenvalue weighted by Gasteiger charge is 2.15. The summed E-state index contributed by atoms with van der Waals surface area (Å²) in [5.41, 5.74) is 0.966. The number of anilines is 1. The highest BCUT2D eigenvalue weighted by Crippen LogP contribution is 2.29. The molecule has 0 bridgehead atoms. The molecule has 0 aliphatic heterocycles. The molecule has 0 saturated heterocycles. The lowest BCUT2D eigenvalue weighted by Gasteiger charge is -2.13. The van der Waals surface area contributed by atoms with E-state index >= 15 is 0 Å². The first-order valence-corrected chi connectivity index (χ1v) is 7.66. The summed E-state index contributed by atoms with van der Waals surface area (Å²) in [5.74, 6) is 0.0612. The van der Waals surface area contributed by atoms with Crippen LogP contribution >= 0.6 is 11.6 Å². The second kappa shape index (κ2) is 5.90. The van der Waals surface area contributed by atoms with Gasteiger partial charge in [-0.3, -0.25) is 4.79 Å². The molecule has 0 fully saturated rings. The van der Waals surface area contributed by atoms with E-state index in [4.69, 9.17) is 16.7 Å². The number of aryl methyl sites for hydroxylation is 1. The molecule has 0 spiro atoms. The van der Waals surface area contributed by atoms with E-state index in [9.17, 15) is 13.2 Å². The first-order valence-electron chi connectivity index (χ1n) is 5.74. The number of nitrogens with two attached hydrogens (primary N) is 1. The van der Waals surface area contributed by atoms with Crippen LogP contribution < -0.4 is 10.5 Å². The average molecular weight is 305 g/mol. The fourth-order valence-corrected chi connectivity index (χ4v) is 2.60. The first-order chi connectivity index (χ1) is 8.61. The zero-order chi connectivity index (χ0) is 14.8. The van der Waals surface area contributed by atoms with Gasteiger partial charge in [-0.1, -0.05) is 25.4 Å². The van der Waals surface area contributed by atoms with Gasteiger partial charge in [0.2, 0.25) is 15.9 Å². The van der Waals surface area contributed by atoms with Gasteiger partial charge in [-0.15, -0.1) is 0 Å². The van der Waals surface area contributed by atoms with Gasteiger partial charge in [0.25, 0.3) is 0 Å². The molecule has 1 aromatic rings. The summed E-state index contributed by atoms with van der Waals surface area (Å²) in [4.78, 5) is 11.6. The van der Waals surface area contributed by atoms with Crippen LogP contribution in [0.4, 0.5) is 5.69 Å². The van der Waals surface area contributed by atoms with Crippen molar-refractivity contribution < 1.29 is 13.2 Å². The molecular weight excluding hydrogens is 288 g/mol. The summed E-state index contributed by atoms with van der Waals surface area (Å²) >= 11 is 5.99. The number of halogens is 1. The number of primary sulfonamides is 1. The fraction of sp³-hybridized carbons (Fsp3) is 0.417. The molecule has 0 heterocycles. The Bertz CT molecular complexity index is 574. The third kappa shape index (κ3) is 4.49. The number of rotatable bonds is 4. The van der Waals surface area contributed by atoms with Gasteiger partial charge in [-0.05, 0) is 30.5 Å². The number of sulfonamides is 1. The molecule has 0 aliphatic carbocycles. The Balaban J connectivity index is 3.08. The Morgan fingerprint density at radius 2 is 2.00 bits per heavy atom. The van der Waals surface area contributed by atoms with E-state index in [0.717, 1.165) is 0 Å². The van der Waals surface area contributed by atoms with Gasteiger partial charge in [0, 0.05) is 6.42 Å². The second-order valence-corrected chi connectivity index (χ2v) is 6.76. The maximum absolute atomic E-state index is 11.7. The minimum absolute atomic E-state index is 0.0724. The predicted octanol–water partition coefficient (Wildman–Crippen LogP) is 2.28. The number of benzene rings is 1. The van der Waals surface area contributed by atoms with Gasteiger partial charge in [0.1, 0.15) is 0 Å². The second-order valence-electron chi connectivity index (χ2n) is 4.79. The topological polar surface area (TPSA) is 89.3 Å². The summed E-state index contributed by atoms with van der Waals surface area (Å²) in [6.07, 6.45) is 0.368. The Morgan fingerprint density at radius 1 is 1.42 bits per heavy atom. The van der Waals surface area contributed by atoms with E-state index in [1.54, 1.807) is 6.92 Å². The summed E-state index contributed by atoms with van der Waals surface area (Å²) in [6, 6.07) is 2.61. The Kier molecular flexibility index (Phi) is 4.95. The highest BCUT2D eigenvalue weighted by molar-refractivity contribution is 7.89. The van der Waals surface area contributed by atoms with Crippen molar-refractivity contribution in [2.75, 3.05) is 5.32 Å². The summed E-state index contributed by atoms with van der Waals surface area (Å²) < 4.78 is 22.5. The van der Waals surface area contributed by atoms with Crippen LogP contribution in [0.3, 0.4) is 0 Å². The monoisotopic (exact) mass is 304 g/mol. The zero-order valence-corrected chi connectivity index (χ0v) is 12.6. The quantitative estimate of drug-likeness (QED) is 0.894. The zero-order valence-electron chi connectivity index (χ0n) is 11.0. The van der Waals surface area contributed by atoms with Crippen LogP contribution in [-0.4, -0.2) is 14.3 Å². The van der Waals surface area contributed by atoms with E-state index < -0.39 is 10.0 Å². The van der Waals surface area contributed by atoms with Crippen molar-refractivity contribution in [1.29, 1.82) is 0 Å². The third-order valence-corrected chi connectivity index (χ3v) is 3.64. The summed E-state index contributed by atoms with van der Waals surface area (Å²) in [6.45, 7) is 5.52. The number of hydrogen-bond acceptors (Lipinski definition) is 3. The van der Waals surface area contributed by atoms with Crippen molar-refractivity contribution in [3.8, 4) is 0 Å². The molecule has 19 heavy (non-hydrogen) atoms. The standard InChI is InChI=1S/C12H17ClN2O3S/c1-7(2)4-11(16)15-12-8(3)5-9(6-10(12)13)19(14,17)18/h5-7H,4H2,1-3H3,(H,15,16)(H2,14,17,18). The van der Waals surface area contributed by atoms with Gasteiger partial charge in [0.15, 0.2) is 0 Å². The largest absolute Gasteiger partial charge is 0.325 e. The molecule has 1 amide bonds. The number of amides is 1. The van der Waals surface area contributed by atoms with Crippen molar-refractivity contribution in [3.63, 3.8) is 0 Å². The lowest BCUT2D eigenvalue weighted by atomic mass is 10.1. The molecule has 0 atom stereocenters. The van der Waals surface area contributed by atoms with Crippen LogP contribution in [0.2, 0.25) is 5.02 Å². The van der Waals surface area contributed by atoms with Crippen LogP contribution in [0.15, 0.2) is 17.0 Å². The lowest BCUT2D eigenvalue weighted by molar-refractivity contribution is -0.116. The molecule has 7 heteroatoms. The van der Waals surface area contributed by atoms with Crippen LogP contribution in [-0.2, 0) is 14.8 Å². The van der Waals surface area contributed by atoms with E-state index in [2.05, 4.69) is 5.32 Å².